The Labute approximate surface area is 109 Å². The molecule has 1 rings (SSSR count). The SMILES string of the molecule is COc1csc(CC(=O)C(C)CC(=O)O)c1OC. The number of ketones is 1. The number of carbonyl (C=O) groups is 2. The molecule has 1 aromatic rings. The third-order valence-corrected chi connectivity index (χ3v) is 3.52. The third-order valence-electron chi connectivity index (χ3n) is 2.57. The fourth-order valence-corrected chi connectivity index (χ4v) is 2.52. The van der Waals surface area contributed by atoms with Crippen molar-refractivity contribution in [1.29, 1.82) is 0 Å². The molecule has 0 spiro atoms. The zero-order valence-corrected chi connectivity index (χ0v) is 11.4. The lowest BCUT2D eigenvalue weighted by Crippen LogP contribution is -2.17. The number of hydrogen-bond donors (Lipinski definition) is 1. The van der Waals surface area contributed by atoms with Gasteiger partial charge in [-0.25, -0.2) is 0 Å². The number of carboxylic acids is 1. The van der Waals surface area contributed by atoms with Crippen molar-refractivity contribution in [2.75, 3.05) is 14.2 Å². The maximum atomic E-state index is 11.9. The molecule has 6 heteroatoms. The van der Waals surface area contributed by atoms with Crippen LogP contribution in [0.15, 0.2) is 5.38 Å². The van der Waals surface area contributed by atoms with E-state index in [4.69, 9.17) is 14.6 Å². The third kappa shape index (κ3) is 3.46. The van der Waals surface area contributed by atoms with E-state index in [1.807, 2.05) is 0 Å². The highest BCUT2D eigenvalue weighted by Crippen LogP contribution is 2.37. The summed E-state index contributed by atoms with van der Waals surface area (Å²) in [6.07, 6.45) is 0.0231. The largest absolute Gasteiger partial charge is 0.492 e. The van der Waals surface area contributed by atoms with E-state index in [2.05, 4.69) is 0 Å². The molecule has 1 unspecified atom stereocenters. The topological polar surface area (TPSA) is 72.8 Å². The predicted octanol–water partition coefficient (Wildman–Crippen LogP) is 1.99. The minimum absolute atomic E-state index is 0.111. The summed E-state index contributed by atoms with van der Waals surface area (Å²) < 4.78 is 10.3. The minimum atomic E-state index is -0.966. The second-order valence-corrected chi connectivity index (χ2v) is 4.87. The maximum Gasteiger partial charge on any atom is 0.304 e. The van der Waals surface area contributed by atoms with Gasteiger partial charge in [0.05, 0.1) is 25.5 Å². The Bertz CT molecular complexity index is 438. The first-order valence-corrected chi connectivity index (χ1v) is 6.30. The van der Waals surface area contributed by atoms with Gasteiger partial charge in [0.1, 0.15) is 5.78 Å². The van der Waals surface area contributed by atoms with Crippen LogP contribution in [0.25, 0.3) is 0 Å². The van der Waals surface area contributed by atoms with E-state index in [1.165, 1.54) is 25.6 Å². The van der Waals surface area contributed by atoms with E-state index in [0.29, 0.717) is 11.5 Å². The van der Waals surface area contributed by atoms with Crippen LogP contribution in [0.3, 0.4) is 0 Å². The van der Waals surface area contributed by atoms with Crippen LogP contribution in [0.4, 0.5) is 0 Å². The van der Waals surface area contributed by atoms with Gasteiger partial charge in [-0.3, -0.25) is 9.59 Å². The van der Waals surface area contributed by atoms with Crippen molar-refractivity contribution in [3.8, 4) is 11.5 Å². The summed E-state index contributed by atoms with van der Waals surface area (Å²) in [5.74, 6) is -0.429. The van der Waals surface area contributed by atoms with E-state index in [9.17, 15) is 9.59 Å². The fourth-order valence-electron chi connectivity index (χ4n) is 1.55. The number of thiophene rings is 1. The number of carbonyl (C=O) groups excluding carboxylic acids is 1. The minimum Gasteiger partial charge on any atom is -0.492 e. The lowest BCUT2D eigenvalue weighted by Gasteiger charge is -2.08. The van der Waals surface area contributed by atoms with Crippen LogP contribution < -0.4 is 9.47 Å². The first-order valence-electron chi connectivity index (χ1n) is 5.42. The summed E-state index contributed by atoms with van der Waals surface area (Å²) in [6, 6.07) is 0. The summed E-state index contributed by atoms with van der Waals surface area (Å²) in [6.45, 7) is 1.62. The molecule has 0 bridgehead atoms. The first kappa shape index (κ1) is 14.5. The molecule has 0 aliphatic rings. The number of ether oxygens (including phenoxy) is 2. The standard InChI is InChI=1S/C12H16O5S/c1-7(4-11(14)15)8(13)5-10-12(17-3)9(16-2)6-18-10/h6-7H,4-5H2,1-3H3,(H,14,15). The van der Waals surface area contributed by atoms with E-state index in [1.54, 1.807) is 12.3 Å². The molecule has 0 saturated heterocycles. The van der Waals surface area contributed by atoms with Gasteiger partial charge >= 0.3 is 5.97 Å². The zero-order valence-electron chi connectivity index (χ0n) is 10.6. The molecule has 1 atom stereocenters. The van der Waals surface area contributed by atoms with Crippen molar-refractivity contribution in [3.63, 3.8) is 0 Å². The number of aliphatic carboxylic acids is 1. The molecule has 0 aliphatic heterocycles. The highest BCUT2D eigenvalue weighted by Gasteiger charge is 2.21. The van der Waals surface area contributed by atoms with Gasteiger partial charge in [-0.2, -0.15) is 0 Å². The molecular weight excluding hydrogens is 256 g/mol. The number of methoxy groups -OCH3 is 2. The van der Waals surface area contributed by atoms with Gasteiger partial charge in [0.2, 0.25) is 0 Å². The average Bonchev–Trinajstić information content (AvgIpc) is 2.69. The smallest absolute Gasteiger partial charge is 0.304 e. The van der Waals surface area contributed by atoms with Crippen molar-refractivity contribution in [2.45, 2.75) is 19.8 Å². The molecule has 5 nitrogen and oxygen atoms in total. The molecule has 1 N–H and O–H groups in total. The van der Waals surface area contributed by atoms with Crippen LogP contribution in [0.2, 0.25) is 0 Å². The van der Waals surface area contributed by atoms with Crippen LogP contribution in [0.1, 0.15) is 18.2 Å². The van der Waals surface area contributed by atoms with Crippen molar-refractivity contribution in [1.82, 2.24) is 0 Å². The summed E-state index contributed by atoms with van der Waals surface area (Å²) >= 11 is 1.37. The molecule has 0 fully saturated rings. The van der Waals surface area contributed by atoms with Gasteiger partial charge in [-0.1, -0.05) is 6.92 Å². The Morgan fingerprint density at radius 1 is 1.39 bits per heavy atom. The van der Waals surface area contributed by atoms with Crippen LogP contribution in [0, 0.1) is 5.92 Å². The number of carboxylic acid groups (broad SMARTS) is 1. The van der Waals surface area contributed by atoms with Gasteiger partial charge in [0.25, 0.3) is 0 Å². The lowest BCUT2D eigenvalue weighted by molar-refractivity contribution is -0.140. The Morgan fingerprint density at radius 3 is 2.56 bits per heavy atom. The molecule has 0 amide bonds. The monoisotopic (exact) mass is 272 g/mol. The number of hydrogen-bond acceptors (Lipinski definition) is 5. The Hall–Kier alpha value is -1.56. The Morgan fingerprint density at radius 2 is 2.06 bits per heavy atom. The van der Waals surface area contributed by atoms with E-state index < -0.39 is 11.9 Å². The fraction of sp³-hybridized carbons (Fsp3) is 0.500. The predicted molar refractivity (Wildman–Crippen MR) is 67.6 cm³/mol. The second kappa shape index (κ2) is 6.39. The van der Waals surface area contributed by atoms with Crippen LogP contribution in [0.5, 0.6) is 11.5 Å². The van der Waals surface area contributed by atoms with Gasteiger partial charge in [-0.05, 0) is 0 Å². The molecule has 100 valence electrons. The second-order valence-electron chi connectivity index (χ2n) is 3.90. The highest BCUT2D eigenvalue weighted by molar-refractivity contribution is 7.10. The van der Waals surface area contributed by atoms with E-state index >= 15 is 0 Å². The lowest BCUT2D eigenvalue weighted by atomic mass is 9.99. The Kier molecular flexibility index (Phi) is 5.15. The van der Waals surface area contributed by atoms with Gasteiger partial charge in [-0.15, -0.1) is 11.3 Å². The van der Waals surface area contributed by atoms with Gasteiger partial charge < -0.3 is 14.6 Å². The molecule has 0 saturated carbocycles. The van der Waals surface area contributed by atoms with Gasteiger partial charge in [0, 0.05) is 17.7 Å². The van der Waals surface area contributed by atoms with Crippen molar-refractivity contribution >= 4 is 23.1 Å². The van der Waals surface area contributed by atoms with Crippen LogP contribution in [-0.4, -0.2) is 31.1 Å². The number of rotatable bonds is 7. The molecule has 0 aromatic carbocycles. The molecule has 0 aliphatic carbocycles. The first-order chi connectivity index (χ1) is 8.49. The highest BCUT2D eigenvalue weighted by atomic mass is 32.1. The zero-order chi connectivity index (χ0) is 13.7. The van der Waals surface area contributed by atoms with Crippen molar-refractivity contribution in [3.05, 3.63) is 10.3 Å². The summed E-state index contributed by atoms with van der Waals surface area (Å²) in [7, 11) is 3.04. The molecule has 1 aromatic heterocycles. The molecule has 18 heavy (non-hydrogen) atoms. The summed E-state index contributed by atoms with van der Waals surface area (Å²) in [4.78, 5) is 23.2. The maximum absolute atomic E-state index is 11.9. The van der Waals surface area contributed by atoms with Gasteiger partial charge in [0.15, 0.2) is 11.5 Å². The summed E-state index contributed by atoms with van der Waals surface area (Å²) in [5.41, 5.74) is 0. The number of Topliss-reactive ketones (excluding diaryl/α,β-unsaturated/α-hetero) is 1. The molecular formula is C12H16O5S. The summed E-state index contributed by atoms with van der Waals surface area (Å²) in [5, 5.41) is 10.4. The van der Waals surface area contributed by atoms with Crippen molar-refractivity contribution < 1.29 is 24.2 Å². The molecule has 0 radical (unpaired) electrons. The quantitative estimate of drug-likeness (QED) is 0.821. The molecule has 1 heterocycles. The van der Waals surface area contributed by atoms with E-state index in [-0.39, 0.29) is 18.6 Å². The van der Waals surface area contributed by atoms with Crippen molar-refractivity contribution in [2.24, 2.45) is 5.92 Å². The van der Waals surface area contributed by atoms with E-state index in [0.717, 1.165) is 4.88 Å². The Balaban J connectivity index is 2.75. The van der Waals surface area contributed by atoms with Crippen LogP contribution in [-0.2, 0) is 16.0 Å². The average molecular weight is 272 g/mol. The van der Waals surface area contributed by atoms with Crippen LogP contribution >= 0.6 is 11.3 Å². The normalized spacial score (nSPS) is 11.9.